The molecule has 0 spiro atoms. The third-order valence-corrected chi connectivity index (χ3v) is 5.78. The van der Waals surface area contributed by atoms with E-state index < -0.39 is 22.0 Å². The molecule has 0 aliphatic rings. The number of ether oxygens (including phenoxy) is 2. The van der Waals surface area contributed by atoms with Crippen molar-refractivity contribution >= 4 is 21.6 Å². The topological polar surface area (TPSA) is 84.9 Å². The van der Waals surface area contributed by atoms with Gasteiger partial charge in [-0.05, 0) is 69.7 Å². The van der Waals surface area contributed by atoms with Gasteiger partial charge in [-0.1, -0.05) is 12.1 Å². The number of sulfonamides is 1. The van der Waals surface area contributed by atoms with Crippen LogP contribution in [0.4, 0.5) is 5.69 Å². The molecule has 2 atom stereocenters. The van der Waals surface area contributed by atoms with Gasteiger partial charge < -0.3 is 14.8 Å². The van der Waals surface area contributed by atoms with E-state index in [-0.39, 0.29) is 6.04 Å². The number of amides is 1. The van der Waals surface area contributed by atoms with Gasteiger partial charge in [0, 0.05) is 0 Å². The van der Waals surface area contributed by atoms with Gasteiger partial charge in [-0.25, -0.2) is 8.42 Å². The Balaban J connectivity index is 2.16. The van der Waals surface area contributed by atoms with Gasteiger partial charge in [0.15, 0.2) is 0 Å². The summed E-state index contributed by atoms with van der Waals surface area (Å²) in [6, 6.07) is 12.8. The lowest BCUT2D eigenvalue weighted by molar-refractivity contribution is -0.122. The van der Waals surface area contributed by atoms with Crippen molar-refractivity contribution < 1.29 is 22.7 Å². The molecule has 0 bridgehead atoms. The Labute approximate surface area is 179 Å². The first-order chi connectivity index (χ1) is 14.2. The van der Waals surface area contributed by atoms with E-state index in [0.29, 0.717) is 24.7 Å². The number of anilines is 1. The van der Waals surface area contributed by atoms with E-state index in [0.717, 1.165) is 21.9 Å². The second-order valence-corrected chi connectivity index (χ2v) is 8.75. The molecule has 1 amide bonds. The second kappa shape index (κ2) is 10.3. The monoisotopic (exact) mass is 434 g/mol. The van der Waals surface area contributed by atoms with Gasteiger partial charge in [0.1, 0.15) is 17.5 Å². The van der Waals surface area contributed by atoms with E-state index in [1.165, 1.54) is 0 Å². The fraction of sp³-hybridized carbons (Fsp3) is 0.409. The van der Waals surface area contributed by atoms with Crippen LogP contribution in [0.25, 0.3) is 0 Å². The van der Waals surface area contributed by atoms with Crippen LogP contribution in [-0.2, 0) is 14.8 Å². The number of carbonyl (C=O) groups excluding carboxylic acids is 1. The highest BCUT2D eigenvalue weighted by atomic mass is 32.2. The van der Waals surface area contributed by atoms with Gasteiger partial charge in [0.25, 0.3) is 0 Å². The maximum atomic E-state index is 12.9. The molecular weight excluding hydrogens is 404 g/mol. The number of hydrogen-bond acceptors (Lipinski definition) is 5. The predicted octanol–water partition coefficient (Wildman–Crippen LogP) is 3.52. The largest absolute Gasteiger partial charge is 0.494 e. The van der Waals surface area contributed by atoms with Crippen molar-refractivity contribution in [1.29, 1.82) is 0 Å². The molecule has 0 saturated carbocycles. The molecule has 2 rings (SSSR count). The second-order valence-electron chi connectivity index (χ2n) is 6.89. The summed E-state index contributed by atoms with van der Waals surface area (Å²) < 4.78 is 36.8. The summed E-state index contributed by atoms with van der Waals surface area (Å²) in [6.07, 6.45) is 1.09. The fourth-order valence-electron chi connectivity index (χ4n) is 3.10. The van der Waals surface area contributed by atoms with Gasteiger partial charge >= 0.3 is 0 Å². The zero-order chi connectivity index (χ0) is 22.3. The molecule has 0 radical (unpaired) electrons. The molecule has 30 heavy (non-hydrogen) atoms. The first-order valence-corrected chi connectivity index (χ1v) is 11.8. The van der Waals surface area contributed by atoms with E-state index >= 15 is 0 Å². The molecule has 164 valence electrons. The Bertz CT molecular complexity index is 927. The van der Waals surface area contributed by atoms with Crippen molar-refractivity contribution in [2.24, 2.45) is 0 Å². The lowest BCUT2D eigenvalue weighted by Crippen LogP contribution is -2.48. The number of rotatable bonds is 10. The van der Waals surface area contributed by atoms with Crippen LogP contribution >= 0.6 is 0 Å². The Morgan fingerprint density at radius 3 is 1.83 bits per heavy atom. The summed E-state index contributed by atoms with van der Waals surface area (Å²) in [5, 5.41) is 2.89. The number of nitrogens with zero attached hydrogens (tertiary/aromatic N) is 1. The summed E-state index contributed by atoms with van der Waals surface area (Å²) in [4.78, 5) is 12.9. The van der Waals surface area contributed by atoms with Crippen molar-refractivity contribution in [3.05, 3.63) is 54.1 Å². The summed E-state index contributed by atoms with van der Waals surface area (Å²) in [5.74, 6) is 0.999. The minimum Gasteiger partial charge on any atom is -0.494 e. The first-order valence-electron chi connectivity index (χ1n) is 9.92. The molecule has 0 aliphatic heterocycles. The van der Waals surface area contributed by atoms with Crippen LogP contribution in [-0.4, -0.2) is 39.8 Å². The molecule has 1 N–H and O–H groups in total. The van der Waals surface area contributed by atoms with Crippen LogP contribution in [0, 0.1) is 0 Å². The average molecular weight is 435 g/mol. The third kappa shape index (κ3) is 6.13. The van der Waals surface area contributed by atoms with Gasteiger partial charge in [0.2, 0.25) is 15.9 Å². The number of hydrogen-bond donors (Lipinski definition) is 1. The molecular formula is C22H30N2O5S. The van der Waals surface area contributed by atoms with E-state index in [4.69, 9.17) is 9.47 Å². The lowest BCUT2D eigenvalue weighted by atomic mass is 10.1. The highest BCUT2D eigenvalue weighted by Gasteiger charge is 2.30. The zero-order valence-electron chi connectivity index (χ0n) is 18.1. The number of carbonyl (C=O) groups is 1. The van der Waals surface area contributed by atoms with E-state index in [2.05, 4.69) is 5.32 Å². The number of nitrogens with one attached hydrogen (secondary N) is 1. The predicted molar refractivity (Wildman–Crippen MR) is 119 cm³/mol. The third-order valence-electron chi connectivity index (χ3n) is 4.54. The van der Waals surface area contributed by atoms with Gasteiger partial charge in [0.05, 0.1) is 31.2 Å². The zero-order valence-corrected chi connectivity index (χ0v) is 18.9. The normalized spacial score (nSPS) is 13.2. The fourth-order valence-corrected chi connectivity index (χ4v) is 4.28. The molecule has 2 aromatic rings. The molecule has 0 saturated heterocycles. The van der Waals surface area contributed by atoms with Crippen LogP contribution in [0.5, 0.6) is 11.5 Å². The SMILES string of the molecule is CCOc1ccc([C@@H](C)NC(=O)[C@H](C)N(c2ccc(OCC)cc2)S(C)(=O)=O)cc1. The lowest BCUT2D eigenvalue weighted by Gasteiger charge is -2.29. The van der Waals surface area contributed by atoms with Crippen LogP contribution < -0.4 is 19.1 Å². The Kier molecular flexibility index (Phi) is 8.11. The molecule has 0 unspecified atom stereocenters. The maximum Gasteiger partial charge on any atom is 0.244 e. The molecule has 2 aromatic carbocycles. The molecule has 0 aromatic heterocycles. The van der Waals surface area contributed by atoms with Crippen LogP contribution in [0.15, 0.2) is 48.5 Å². The van der Waals surface area contributed by atoms with E-state index in [1.807, 2.05) is 45.0 Å². The van der Waals surface area contributed by atoms with Crippen LogP contribution in [0.3, 0.4) is 0 Å². The van der Waals surface area contributed by atoms with Crippen molar-refractivity contribution in [3.8, 4) is 11.5 Å². The molecule has 0 heterocycles. The van der Waals surface area contributed by atoms with Gasteiger partial charge in [-0.15, -0.1) is 0 Å². The van der Waals surface area contributed by atoms with Crippen LogP contribution in [0.1, 0.15) is 39.3 Å². The molecule has 8 heteroatoms. The van der Waals surface area contributed by atoms with Crippen LogP contribution in [0.2, 0.25) is 0 Å². The molecule has 0 fully saturated rings. The van der Waals surface area contributed by atoms with Crippen molar-refractivity contribution in [2.75, 3.05) is 23.8 Å². The van der Waals surface area contributed by atoms with Crippen molar-refractivity contribution in [2.45, 2.75) is 39.8 Å². The Hall–Kier alpha value is -2.74. The summed E-state index contributed by atoms with van der Waals surface area (Å²) in [5.41, 5.74) is 1.29. The summed E-state index contributed by atoms with van der Waals surface area (Å²) >= 11 is 0. The minimum atomic E-state index is -3.68. The summed E-state index contributed by atoms with van der Waals surface area (Å²) in [6.45, 7) is 8.29. The Morgan fingerprint density at radius 1 is 0.933 bits per heavy atom. The first kappa shape index (κ1) is 23.5. The molecule has 0 aliphatic carbocycles. The summed E-state index contributed by atoms with van der Waals surface area (Å²) in [7, 11) is -3.68. The molecule has 7 nitrogen and oxygen atoms in total. The maximum absolute atomic E-state index is 12.9. The highest BCUT2D eigenvalue weighted by molar-refractivity contribution is 7.92. The Morgan fingerprint density at radius 2 is 1.40 bits per heavy atom. The minimum absolute atomic E-state index is 0.294. The highest BCUT2D eigenvalue weighted by Crippen LogP contribution is 2.25. The van der Waals surface area contributed by atoms with E-state index in [1.54, 1.807) is 31.2 Å². The van der Waals surface area contributed by atoms with Gasteiger partial charge in [-0.3, -0.25) is 9.10 Å². The van der Waals surface area contributed by atoms with Gasteiger partial charge in [-0.2, -0.15) is 0 Å². The smallest absolute Gasteiger partial charge is 0.244 e. The average Bonchev–Trinajstić information content (AvgIpc) is 2.69. The van der Waals surface area contributed by atoms with E-state index in [9.17, 15) is 13.2 Å². The quantitative estimate of drug-likeness (QED) is 0.618. The van der Waals surface area contributed by atoms with Crippen molar-refractivity contribution in [3.63, 3.8) is 0 Å². The standard InChI is InChI=1S/C22H30N2O5S/c1-6-28-20-12-8-18(9-13-20)16(3)23-22(25)17(4)24(30(5,26)27)19-10-14-21(15-11-19)29-7-2/h8-17H,6-7H2,1-5H3,(H,23,25)/t16-,17+/m1/s1. The van der Waals surface area contributed by atoms with Crippen molar-refractivity contribution in [1.82, 2.24) is 5.32 Å². The number of benzene rings is 2.